The second-order valence-electron chi connectivity index (χ2n) is 8.27. The van der Waals surface area contributed by atoms with Crippen molar-refractivity contribution < 1.29 is 0 Å². The molecule has 0 heteroatoms. The maximum Gasteiger partial charge on any atom is 0.0234 e. The quantitative estimate of drug-likeness (QED) is 0.312. The standard InChI is InChI=1S/C25H36/c1-3-4-5-7-11-20(2)18-24-15-10-14-22-16-17-23(19-25(22)24)21-12-8-6-9-13-21/h14-17,19,21,25H,2-13,18H2,1H3. The third-order valence-corrected chi connectivity index (χ3v) is 6.23. The smallest absolute Gasteiger partial charge is 0.0234 e. The van der Waals surface area contributed by atoms with E-state index >= 15 is 0 Å². The molecule has 1 unspecified atom stereocenters. The van der Waals surface area contributed by atoms with Crippen LogP contribution in [0.1, 0.15) is 84.0 Å². The highest BCUT2D eigenvalue weighted by Gasteiger charge is 2.25. The molecule has 1 atom stereocenters. The van der Waals surface area contributed by atoms with Crippen LogP contribution in [0, 0.1) is 11.8 Å². The first-order valence-electron chi connectivity index (χ1n) is 10.7. The van der Waals surface area contributed by atoms with Crippen molar-refractivity contribution in [2.24, 2.45) is 11.8 Å². The van der Waals surface area contributed by atoms with Gasteiger partial charge in [0.25, 0.3) is 0 Å². The molecule has 0 aromatic rings. The van der Waals surface area contributed by atoms with Crippen molar-refractivity contribution in [3.8, 4) is 0 Å². The highest BCUT2D eigenvalue weighted by molar-refractivity contribution is 5.47. The lowest BCUT2D eigenvalue weighted by Gasteiger charge is -2.30. The Hall–Kier alpha value is -1.30. The fraction of sp³-hybridized carbons (Fsp3) is 0.600. The number of hydrogen-bond donors (Lipinski definition) is 0. The lowest BCUT2D eigenvalue weighted by molar-refractivity contribution is 0.406. The second-order valence-corrected chi connectivity index (χ2v) is 8.27. The minimum atomic E-state index is 0.531. The summed E-state index contributed by atoms with van der Waals surface area (Å²) in [7, 11) is 0. The van der Waals surface area contributed by atoms with Crippen LogP contribution in [0.25, 0.3) is 0 Å². The summed E-state index contributed by atoms with van der Waals surface area (Å²) < 4.78 is 0. The van der Waals surface area contributed by atoms with Gasteiger partial charge in [-0.3, -0.25) is 0 Å². The van der Waals surface area contributed by atoms with E-state index in [1.54, 1.807) is 11.1 Å². The van der Waals surface area contributed by atoms with E-state index in [2.05, 4.69) is 43.9 Å². The van der Waals surface area contributed by atoms with Crippen LogP contribution in [0.15, 0.2) is 59.3 Å². The van der Waals surface area contributed by atoms with E-state index in [0.717, 1.165) is 18.8 Å². The van der Waals surface area contributed by atoms with Gasteiger partial charge in [-0.05, 0) is 55.6 Å². The monoisotopic (exact) mass is 336 g/mol. The number of allylic oxidation sites excluding steroid dienone is 9. The zero-order valence-electron chi connectivity index (χ0n) is 16.2. The summed E-state index contributed by atoms with van der Waals surface area (Å²) in [6.45, 7) is 6.67. The van der Waals surface area contributed by atoms with Crippen LogP contribution in [0.2, 0.25) is 0 Å². The predicted octanol–water partition coefficient (Wildman–Crippen LogP) is 7.85. The molecule has 1 saturated carbocycles. The van der Waals surface area contributed by atoms with E-state index < -0.39 is 0 Å². The molecule has 0 aromatic heterocycles. The lowest BCUT2D eigenvalue weighted by Crippen LogP contribution is -2.16. The Balaban J connectivity index is 1.61. The molecular weight excluding hydrogens is 300 g/mol. The van der Waals surface area contributed by atoms with Gasteiger partial charge in [0.2, 0.25) is 0 Å². The fourth-order valence-electron chi connectivity index (χ4n) is 4.70. The van der Waals surface area contributed by atoms with Crippen molar-refractivity contribution in [1.82, 2.24) is 0 Å². The minimum absolute atomic E-state index is 0.531. The van der Waals surface area contributed by atoms with Crippen LogP contribution >= 0.6 is 0 Å². The Morgan fingerprint density at radius 3 is 2.60 bits per heavy atom. The fourth-order valence-corrected chi connectivity index (χ4v) is 4.70. The van der Waals surface area contributed by atoms with Crippen LogP contribution < -0.4 is 0 Å². The summed E-state index contributed by atoms with van der Waals surface area (Å²) in [5.74, 6) is 1.34. The van der Waals surface area contributed by atoms with Gasteiger partial charge in [-0.15, -0.1) is 0 Å². The van der Waals surface area contributed by atoms with Gasteiger partial charge >= 0.3 is 0 Å². The Morgan fingerprint density at radius 1 is 1.00 bits per heavy atom. The zero-order valence-corrected chi connectivity index (χ0v) is 16.2. The van der Waals surface area contributed by atoms with Gasteiger partial charge in [0.15, 0.2) is 0 Å². The van der Waals surface area contributed by atoms with Crippen LogP contribution in [-0.4, -0.2) is 0 Å². The molecule has 0 bridgehead atoms. The van der Waals surface area contributed by atoms with Crippen molar-refractivity contribution in [3.05, 3.63) is 59.3 Å². The Kier molecular flexibility index (Phi) is 6.96. The number of fused-ring (bicyclic) bond motifs is 1. The van der Waals surface area contributed by atoms with Gasteiger partial charge in [-0.25, -0.2) is 0 Å². The van der Waals surface area contributed by atoms with Crippen LogP contribution in [-0.2, 0) is 0 Å². The molecule has 0 heterocycles. The van der Waals surface area contributed by atoms with Gasteiger partial charge in [0.05, 0.1) is 0 Å². The normalized spacial score (nSPS) is 23.6. The van der Waals surface area contributed by atoms with Gasteiger partial charge in [0.1, 0.15) is 0 Å². The highest BCUT2D eigenvalue weighted by Crippen LogP contribution is 2.40. The second kappa shape index (κ2) is 9.41. The first-order valence-corrected chi connectivity index (χ1v) is 10.7. The first-order chi connectivity index (χ1) is 12.3. The van der Waals surface area contributed by atoms with Crippen molar-refractivity contribution in [1.29, 1.82) is 0 Å². The molecule has 0 spiro atoms. The molecule has 3 rings (SSSR count). The third-order valence-electron chi connectivity index (χ3n) is 6.23. The molecule has 3 aliphatic rings. The number of rotatable bonds is 8. The van der Waals surface area contributed by atoms with Crippen molar-refractivity contribution in [3.63, 3.8) is 0 Å². The largest absolute Gasteiger partial charge is 0.0995 e. The van der Waals surface area contributed by atoms with E-state index in [1.807, 2.05) is 0 Å². The van der Waals surface area contributed by atoms with E-state index in [9.17, 15) is 0 Å². The van der Waals surface area contributed by atoms with Gasteiger partial charge in [-0.2, -0.15) is 0 Å². The van der Waals surface area contributed by atoms with Crippen LogP contribution in [0.3, 0.4) is 0 Å². The van der Waals surface area contributed by atoms with Crippen molar-refractivity contribution in [2.45, 2.75) is 84.0 Å². The van der Waals surface area contributed by atoms with Crippen LogP contribution in [0.4, 0.5) is 0 Å². The molecule has 0 amide bonds. The molecule has 25 heavy (non-hydrogen) atoms. The molecule has 0 radical (unpaired) electrons. The van der Waals surface area contributed by atoms with E-state index in [4.69, 9.17) is 0 Å². The Morgan fingerprint density at radius 2 is 1.80 bits per heavy atom. The van der Waals surface area contributed by atoms with Gasteiger partial charge in [-0.1, -0.05) is 93.6 Å². The maximum atomic E-state index is 4.39. The molecule has 136 valence electrons. The highest BCUT2D eigenvalue weighted by atomic mass is 14.3. The van der Waals surface area contributed by atoms with Crippen molar-refractivity contribution >= 4 is 0 Å². The van der Waals surface area contributed by atoms with Gasteiger partial charge < -0.3 is 0 Å². The average molecular weight is 337 g/mol. The summed E-state index contributed by atoms with van der Waals surface area (Å²) in [4.78, 5) is 0. The number of unbranched alkanes of at least 4 members (excludes halogenated alkanes) is 3. The molecule has 1 fully saturated rings. The lowest BCUT2D eigenvalue weighted by atomic mass is 9.74. The SMILES string of the molecule is C=C(CCCCCC)CC1=CCC=C2C=CC(C3CCCCC3)=CC21. The average Bonchev–Trinajstić information content (AvgIpc) is 2.66. The summed E-state index contributed by atoms with van der Waals surface area (Å²) in [5.41, 5.74) is 6.18. The molecular formula is C25H36. The summed E-state index contributed by atoms with van der Waals surface area (Å²) in [5, 5.41) is 0. The minimum Gasteiger partial charge on any atom is -0.0995 e. The zero-order chi connectivity index (χ0) is 17.5. The summed E-state index contributed by atoms with van der Waals surface area (Å²) in [6.07, 6.45) is 28.1. The molecule has 0 N–H and O–H groups in total. The summed E-state index contributed by atoms with van der Waals surface area (Å²) >= 11 is 0. The van der Waals surface area contributed by atoms with Crippen molar-refractivity contribution in [2.75, 3.05) is 0 Å². The third kappa shape index (κ3) is 5.09. The van der Waals surface area contributed by atoms with E-state index in [1.165, 1.54) is 75.4 Å². The summed E-state index contributed by atoms with van der Waals surface area (Å²) in [6, 6.07) is 0. The molecule has 0 aromatic carbocycles. The molecule has 3 aliphatic carbocycles. The van der Waals surface area contributed by atoms with Crippen LogP contribution in [0.5, 0.6) is 0 Å². The molecule has 0 aliphatic heterocycles. The van der Waals surface area contributed by atoms with E-state index in [-0.39, 0.29) is 0 Å². The van der Waals surface area contributed by atoms with Gasteiger partial charge in [0, 0.05) is 5.92 Å². The Bertz CT molecular complexity index is 575. The van der Waals surface area contributed by atoms with E-state index in [0.29, 0.717) is 5.92 Å². The Labute approximate surface area is 155 Å². The predicted molar refractivity (Wildman–Crippen MR) is 111 cm³/mol. The molecule has 0 nitrogen and oxygen atoms in total. The maximum absolute atomic E-state index is 4.39. The molecule has 0 saturated heterocycles. The number of hydrogen-bond acceptors (Lipinski definition) is 0. The first kappa shape index (κ1) is 18.5. The topological polar surface area (TPSA) is 0 Å².